The van der Waals surface area contributed by atoms with Crippen LogP contribution >= 0.6 is 11.3 Å². The van der Waals surface area contributed by atoms with Crippen LogP contribution in [0.3, 0.4) is 0 Å². The summed E-state index contributed by atoms with van der Waals surface area (Å²) in [5, 5.41) is 8.94. The third-order valence-electron chi connectivity index (χ3n) is 4.28. The van der Waals surface area contributed by atoms with Crippen LogP contribution in [-0.2, 0) is 11.3 Å². The number of rotatable bonds is 6. The van der Waals surface area contributed by atoms with Gasteiger partial charge in [-0.25, -0.2) is 4.99 Å². The molecular formula is C18H32N4OS. The number of guanidine groups is 1. The van der Waals surface area contributed by atoms with Crippen molar-refractivity contribution in [3.8, 4) is 0 Å². The van der Waals surface area contributed by atoms with Crippen LogP contribution in [0.4, 0.5) is 0 Å². The first kappa shape index (κ1) is 19.2. The fourth-order valence-corrected chi connectivity index (χ4v) is 3.61. The highest BCUT2D eigenvalue weighted by Gasteiger charge is 2.33. The maximum Gasteiger partial charge on any atom is 0.191 e. The highest BCUT2D eigenvalue weighted by Crippen LogP contribution is 2.20. The number of hydrogen-bond donors (Lipinski definition) is 2. The first-order valence-electron chi connectivity index (χ1n) is 8.85. The van der Waals surface area contributed by atoms with Crippen molar-refractivity contribution in [3.05, 3.63) is 22.4 Å². The number of ether oxygens (including phenoxy) is 1. The quantitative estimate of drug-likeness (QED) is 0.610. The topological polar surface area (TPSA) is 48.9 Å². The summed E-state index contributed by atoms with van der Waals surface area (Å²) in [6.07, 6.45) is 0.572. The molecule has 0 radical (unpaired) electrons. The van der Waals surface area contributed by atoms with E-state index in [0.29, 0.717) is 0 Å². The Morgan fingerprint density at radius 1 is 1.33 bits per heavy atom. The number of hydrogen-bond acceptors (Lipinski definition) is 4. The summed E-state index contributed by atoms with van der Waals surface area (Å²) in [5.41, 5.74) is 0.0470. The van der Waals surface area contributed by atoms with E-state index >= 15 is 0 Å². The summed E-state index contributed by atoms with van der Waals surface area (Å²) in [4.78, 5) is 8.49. The van der Waals surface area contributed by atoms with E-state index in [1.165, 1.54) is 4.88 Å². The van der Waals surface area contributed by atoms with Crippen molar-refractivity contribution >= 4 is 17.3 Å². The molecule has 0 bridgehead atoms. The number of morpholine rings is 1. The van der Waals surface area contributed by atoms with Gasteiger partial charge in [0, 0.05) is 36.6 Å². The normalized spacial score (nSPS) is 23.3. The highest BCUT2D eigenvalue weighted by molar-refractivity contribution is 7.09. The third kappa shape index (κ3) is 5.76. The third-order valence-corrected chi connectivity index (χ3v) is 5.14. The molecule has 2 atom stereocenters. The fourth-order valence-electron chi connectivity index (χ4n) is 2.99. The molecule has 1 aromatic rings. The van der Waals surface area contributed by atoms with E-state index in [2.05, 4.69) is 67.7 Å². The van der Waals surface area contributed by atoms with Crippen molar-refractivity contribution < 1.29 is 4.74 Å². The average Bonchev–Trinajstić information content (AvgIpc) is 3.02. The smallest absolute Gasteiger partial charge is 0.191 e. The lowest BCUT2D eigenvalue weighted by atomic mass is 10.00. The molecule has 0 amide bonds. The summed E-state index contributed by atoms with van der Waals surface area (Å²) in [6.45, 7) is 15.4. The second kappa shape index (κ2) is 8.83. The van der Waals surface area contributed by atoms with Gasteiger partial charge >= 0.3 is 0 Å². The van der Waals surface area contributed by atoms with Gasteiger partial charge < -0.3 is 15.4 Å². The lowest BCUT2D eigenvalue weighted by Gasteiger charge is -2.45. The largest absolute Gasteiger partial charge is 0.373 e. The number of thiophene rings is 1. The molecule has 0 aliphatic carbocycles. The van der Waals surface area contributed by atoms with Crippen LogP contribution in [0.1, 0.15) is 39.5 Å². The van der Waals surface area contributed by atoms with Gasteiger partial charge in [0.15, 0.2) is 5.96 Å². The molecule has 2 unspecified atom stereocenters. The minimum Gasteiger partial charge on any atom is -0.373 e. The van der Waals surface area contributed by atoms with E-state index in [4.69, 9.17) is 9.73 Å². The van der Waals surface area contributed by atoms with E-state index < -0.39 is 0 Å². The maximum atomic E-state index is 5.86. The second-order valence-corrected chi connectivity index (χ2v) is 8.14. The molecule has 1 aliphatic rings. The molecule has 1 aliphatic heterocycles. The minimum absolute atomic E-state index is 0.0470. The Bertz CT molecular complexity index is 505. The van der Waals surface area contributed by atoms with Crippen molar-refractivity contribution in [3.63, 3.8) is 0 Å². The zero-order chi connectivity index (χ0) is 17.6. The van der Waals surface area contributed by atoms with Crippen LogP contribution in [0.5, 0.6) is 0 Å². The van der Waals surface area contributed by atoms with Gasteiger partial charge in [0.25, 0.3) is 0 Å². The molecule has 1 fully saturated rings. The lowest BCUT2D eigenvalue weighted by Crippen LogP contribution is -2.59. The molecule has 2 rings (SSSR count). The van der Waals surface area contributed by atoms with E-state index in [1.807, 2.05) is 0 Å². The van der Waals surface area contributed by atoms with Crippen molar-refractivity contribution in [2.75, 3.05) is 26.2 Å². The van der Waals surface area contributed by atoms with Crippen LogP contribution < -0.4 is 10.6 Å². The van der Waals surface area contributed by atoms with Gasteiger partial charge in [-0.2, -0.15) is 0 Å². The summed E-state index contributed by atoms with van der Waals surface area (Å²) >= 11 is 1.75. The Morgan fingerprint density at radius 3 is 2.62 bits per heavy atom. The standard InChI is InChI=1S/C18H32N4OS/c1-6-19-17(20-10-16-8-7-9-24-16)21-13-18(4,5)22-11-14(2)23-15(3)12-22/h7-9,14-15H,6,10-13H2,1-5H3,(H2,19,20,21). The van der Waals surface area contributed by atoms with E-state index in [-0.39, 0.29) is 17.7 Å². The zero-order valence-corrected chi connectivity index (χ0v) is 16.4. The van der Waals surface area contributed by atoms with Crippen LogP contribution in [0.25, 0.3) is 0 Å². The molecule has 2 N–H and O–H groups in total. The van der Waals surface area contributed by atoms with Crippen molar-refractivity contribution in [1.29, 1.82) is 0 Å². The predicted molar refractivity (Wildman–Crippen MR) is 103 cm³/mol. The summed E-state index contributed by atoms with van der Waals surface area (Å²) in [5.74, 6) is 0.883. The van der Waals surface area contributed by atoms with Crippen LogP contribution in [0.2, 0.25) is 0 Å². The zero-order valence-electron chi connectivity index (χ0n) is 15.6. The molecule has 136 valence electrons. The Morgan fingerprint density at radius 2 is 2.04 bits per heavy atom. The monoisotopic (exact) mass is 352 g/mol. The average molecular weight is 353 g/mol. The first-order chi connectivity index (χ1) is 11.4. The molecule has 0 saturated carbocycles. The van der Waals surface area contributed by atoms with Crippen LogP contribution in [0, 0.1) is 0 Å². The first-order valence-corrected chi connectivity index (χ1v) is 9.73. The molecule has 1 saturated heterocycles. The Hall–Kier alpha value is -1.11. The molecule has 0 aromatic carbocycles. The SMILES string of the molecule is CCNC(=NCc1cccs1)NCC(C)(C)N1CC(C)OC(C)C1. The Balaban J connectivity index is 1.92. The van der Waals surface area contributed by atoms with Crippen LogP contribution in [0.15, 0.2) is 22.5 Å². The second-order valence-electron chi connectivity index (χ2n) is 7.10. The highest BCUT2D eigenvalue weighted by atomic mass is 32.1. The van der Waals surface area contributed by atoms with Gasteiger partial charge in [0.1, 0.15) is 0 Å². The van der Waals surface area contributed by atoms with Crippen molar-refractivity contribution in [2.24, 2.45) is 4.99 Å². The molecule has 5 nitrogen and oxygen atoms in total. The molecule has 2 heterocycles. The molecule has 1 aromatic heterocycles. The number of aliphatic imine (C=N–C) groups is 1. The maximum absolute atomic E-state index is 5.86. The van der Waals surface area contributed by atoms with Crippen LogP contribution in [-0.4, -0.2) is 54.8 Å². The van der Waals surface area contributed by atoms with Crippen molar-refractivity contribution in [2.45, 2.75) is 58.9 Å². The summed E-state index contributed by atoms with van der Waals surface area (Å²) in [6, 6.07) is 4.19. The lowest BCUT2D eigenvalue weighted by molar-refractivity contribution is -0.0946. The number of nitrogens with one attached hydrogen (secondary N) is 2. The van der Waals surface area contributed by atoms with Gasteiger partial charge in [0.05, 0.1) is 18.8 Å². The summed E-state index contributed by atoms with van der Waals surface area (Å²) < 4.78 is 5.86. The molecular weight excluding hydrogens is 320 g/mol. The molecule has 6 heteroatoms. The van der Waals surface area contributed by atoms with E-state index in [9.17, 15) is 0 Å². The van der Waals surface area contributed by atoms with Gasteiger partial charge in [-0.05, 0) is 46.1 Å². The predicted octanol–water partition coefficient (Wildman–Crippen LogP) is 2.69. The Kier molecular flexibility index (Phi) is 7.07. The Labute approximate surface area is 150 Å². The van der Waals surface area contributed by atoms with Gasteiger partial charge in [-0.1, -0.05) is 6.07 Å². The summed E-state index contributed by atoms with van der Waals surface area (Å²) in [7, 11) is 0. The van der Waals surface area contributed by atoms with Gasteiger partial charge in [-0.15, -0.1) is 11.3 Å². The fraction of sp³-hybridized carbons (Fsp3) is 0.722. The van der Waals surface area contributed by atoms with E-state index in [0.717, 1.165) is 38.7 Å². The minimum atomic E-state index is 0.0470. The van der Waals surface area contributed by atoms with Crippen molar-refractivity contribution in [1.82, 2.24) is 15.5 Å². The van der Waals surface area contributed by atoms with Gasteiger partial charge in [-0.3, -0.25) is 4.90 Å². The van der Waals surface area contributed by atoms with E-state index in [1.54, 1.807) is 11.3 Å². The number of nitrogens with zero attached hydrogens (tertiary/aromatic N) is 2. The molecule has 0 spiro atoms. The molecule has 24 heavy (non-hydrogen) atoms. The van der Waals surface area contributed by atoms with Gasteiger partial charge in [0.2, 0.25) is 0 Å².